The lowest BCUT2D eigenvalue weighted by Crippen LogP contribution is -2.41. The number of imide groups is 1. The van der Waals surface area contributed by atoms with E-state index in [0.29, 0.717) is 12.2 Å². The Labute approximate surface area is 142 Å². The van der Waals surface area contributed by atoms with Gasteiger partial charge in [-0.05, 0) is 31.5 Å². The third-order valence-corrected chi connectivity index (χ3v) is 4.02. The van der Waals surface area contributed by atoms with E-state index in [9.17, 15) is 18.4 Å². The van der Waals surface area contributed by atoms with Crippen molar-refractivity contribution in [2.24, 2.45) is 0 Å². The van der Waals surface area contributed by atoms with Gasteiger partial charge in [-0.1, -0.05) is 12.1 Å². The van der Waals surface area contributed by atoms with Gasteiger partial charge in [-0.2, -0.15) is 4.98 Å². The molecule has 1 saturated heterocycles. The van der Waals surface area contributed by atoms with Crippen LogP contribution < -0.4 is 5.32 Å². The number of carbonyl (C=O) groups is 2. The number of halogens is 2. The molecule has 1 aliphatic rings. The van der Waals surface area contributed by atoms with Gasteiger partial charge < -0.3 is 9.84 Å². The highest BCUT2D eigenvalue weighted by molar-refractivity contribution is 6.07. The minimum Gasteiger partial charge on any atom is -0.337 e. The second-order valence-corrected chi connectivity index (χ2v) is 5.92. The molecule has 1 fully saturated rings. The summed E-state index contributed by atoms with van der Waals surface area (Å²) in [4.78, 5) is 29.8. The molecule has 1 unspecified atom stereocenters. The molecular formula is C16H16F2N4O3. The lowest BCUT2D eigenvalue weighted by atomic mass is 9.91. The smallest absolute Gasteiger partial charge is 0.325 e. The molecule has 9 heteroatoms. The third kappa shape index (κ3) is 2.97. The Kier molecular flexibility index (Phi) is 4.23. The van der Waals surface area contributed by atoms with Gasteiger partial charge in [-0.3, -0.25) is 9.69 Å². The van der Waals surface area contributed by atoms with Gasteiger partial charge in [0.05, 0.1) is 0 Å². The summed E-state index contributed by atoms with van der Waals surface area (Å²) in [5.41, 5.74) is -1.96. The topological polar surface area (TPSA) is 88.3 Å². The van der Waals surface area contributed by atoms with E-state index in [1.165, 1.54) is 6.92 Å². The number of hydrogen-bond donors (Lipinski definition) is 1. The second-order valence-electron chi connectivity index (χ2n) is 5.92. The maximum atomic E-state index is 14.1. The van der Waals surface area contributed by atoms with Crippen LogP contribution in [-0.4, -0.2) is 27.0 Å². The fraction of sp³-hybridized carbons (Fsp3) is 0.375. The molecule has 0 radical (unpaired) electrons. The molecule has 0 aliphatic carbocycles. The maximum Gasteiger partial charge on any atom is 0.325 e. The Morgan fingerprint density at radius 3 is 2.80 bits per heavy atom. The highest BCUT2D eigenvalue weighted by Gasteiger charge is 2.50. The molecule has 0 bridgehead atoms. The summed E-state index contributed by atoms with van der Waals surface area (Å²) in [7, 11) is 0. The number of rotatable bonds is 5. The van der Waals surface area contributed by atoms with Crippen LogP contribution in [0.25, 0.3) is 0 Å². The number of urea groups is 1. The van der Waals surface area contributed by atoms with Crippen LogP contribution in [0.5, 0.6) is 0 Å². The Bertz CT molecular complexity index is 839. The molecule has 2 heterocycles. The zero-order valence-corrected chi connectivity index (χ0v) is 13.7. The van der Waals surface area contributed by atoms with Gasteiger partial charge in [0, 0.05) is 12.0 Å². The fourth-order valence-corrected chi connectivity index (χ4v) is 2.72. The van der Waals surface area contributed by atoms with Crippen LogP contribution in [0.3, 0.4) is 0 Å². The van der Waals surface area contributed by atoms with Gasteiger partial charge in [0.1, 0.15) is 23.7 Å². The van der Waals surface area contributed by atoms with Crippen LogP contribution >= 0.6 is 0 Å². The Hall–Kier alpha value is -2.84. The summed E-state index contributed by atoms with van der Waals surface area (Å²) < 4.78 is 32.6. The highest BCUT2D eigenvalue weighted by atomic mass is 19.1. The van der Waals surface area contributed by atoms with Gasteiger partial charge in [0.15, 0.2) is 5.82 Å². The second kappa shape index (κ2) is 6.23. The number of nitrogens with one attached hydrogen (secondary N) is 1. The maximum absolute atomic E-state index is 14.1. The molecule has 3 rings (SSSR count). The first kappa shape index (κ1) is 17.0. The van der Waals surface area contributed by atoms with E-state index in [4.69, 9.17) is 4.52 Å². The van der Waals surface area contributed by atoms with Crippen molar-refractivity contribution in [1.82, 2.24) is 20.4 Å². The van der Waals surface area contributed by atoms with Crippen LogP contribution in [0.2, 0.25) is 0 Å². The summed E-state index contributed by atoms with van der Waals surface area (Å²) in [6, 6.07) is 2.00. The summed E-state index contributed by atoms with van der Waals surface area (Å²) >= 11 is 0. The Balaban J connectivity index is 1.87. The van der Waals surface area contributed by atoms with Crippen molar-refractivity contribution in [1.29, 1.82) is 0 Å². The van der Waals surface area contributed by atoms with Crippen LogP contribution in [0.4, 0.5) is 13.6 Å². The monoisotopic (exact) mass is 350 g/mol. The Morgan fingerprint density at radius 1 is 1.32 bits per heavy atom. The first-order valence-electron chi connectivity index (χ1n) is 7.76. The van der Waals surface area contributed by atoms with Gasteiger partial charge in [-0.25, -0.2) is 13.6 Å². The standard InChI is InChI=1S/C16H16F2N4O3/c1-3-4-12-19-13(25-21-12)8-22-14(23)16(2,20-15(22)24)10-7-9(17)5-6-11(10)18/h5-7H,3-4,8H2,1-2H3,(H,20,24). The van der Waals surface area contributed by atoms with Gasteiger partial charge in [-0.15, -0.1) is 0 Å². The van der Waals surface area contributed by atoms with Crippen LogP contribution in [0.1, 0.15) is 37.5 Å². The average Bonchev–Trinajstić information content (AvgIpc) is 3.09. The molecule has 1 aliphatic heterocycles. The molecule has 1 N–H and O–H groups in total. The van der Waals surface area contributed by atoms with E-state index >= 15 is 0 Å². The number of nitrogens with zero attached hydrogens (tertiary/aromatic N) is 3. The first-order chi connectivity index (χ1) is 11.8. The minimum absolute atomic E-state index is 0.0934. The molecule has 1 atom stereocenters. The number of benzene rings is 1. The normalized spacial score (nSPS) is 20.2. The Morgan fingerprint density at radius 2 is 2.08 bits per heavy atom. The van der Waals surface area contributed by atoms with Gasteiger partial charge >= 0.3 is 6.03 Å². The molecule has 1 aromatic heterocycles. The zero-order valence-electron chi connectivity index (χ0n) is 13.7. The fourth-order valence-electron chi connectivity index (χ4n) is 2.72. The van der Waals surface area contributed by atoms with E-state index in [1.54, 1.807) is 0 Å². The van der Waals surface area contributed by atoms with Crippen molar-refractivity contribution in [3.8, 4) is 0 Å². The van der Waals surface area contributed by atoms with Crippen molar-refractivity contribution >= 4 is 11.9 Å². The van der Waals surface area contributed by atoms with E-state index in [1.807, 2.05) is 6.92 Å². The third-order valence-electron chi connectivity index (χ3n) is 4.02. The summed E-state index contributed by atoms with van der Waals surface area (Å²) in [6.07, 6.45) is 1.43. The number of aromatic nitrogens is 2. The van der Waals surface area contributed by atoms with Gasteiger partial charge in [0.25, 0.3) is 5.91 Å². The van der Waals surface area contributed by atoms with Crippen LogP contribution in [0.15, 0.2) is 22.7 Å². The van der Waals surface area contributed by atoms with Crippen LogP contribution in [-0.2, 0) is 23.3 Å². The quantitative estimate of drug-likeness (QED) is 0.836. The SMILES string of the molecule is CCCc1noc(CN2C(=O)NC(C)(c3cc(F)ccc3F)C2=O)n1. The van der Waals surface area contributed by atoms with Crippen molar-refractivity contribution in [3.05, 3.63) is 47.1 Å². The molecule has 132 valence electrons. The van der Waals surface area contributed by atoms with E-state index in [-0.39, 0.29) is 18.0 Å². The minimum atomic E-state index is -1.71. The molecule has 0 saturated carbocycles. The van der Waals surface area contributed by atoms with Crippen LogP contribution in [0, 0.1) is 11.6 Å². The molecule has 25 heavy (non-hydrogen) atoms. The summed E-state index contributed by atoms with van der Waals surface area (Å²) in [5.74, 6) is -1.65. The van der Waals surface area contributed by atoms with Crippen molar-refractivity contribution in [3.63, 3.8) is 0 Å². The lowest BCUT2D eigenvalue weighted by Gasteiger charge is -2.22. The molecule has 2 aromatic rings. The molecule has 0 spiro atoms. The average molecular weight is 350 g/mol. The highest BCUT2D eigenvalue weighted by Crippen LogP contribution is 2.31. The van der Waals surface area contributed by atoms with Crippen molar-refractivity contribution < 1.29 is 22.9 Å². The number of amides is 3. The predicted octanol–water partition coefficient (Wildman–Crippen LogP) is 2.27. The number of hydrogen-bond acceptors (Lipinski definition) is 5. The van der Waals surface area contributed by atoms with E-state index < -0.39 is 29.1 Å². The zero-order chi connectivity index (χ0) is 18.2. The molecule has 7 nitrogen and oxygen atoms in total. The van der Waals surface area contributed by atoms with Gasteiger partial charge in [0.2, 0.25) is 5.89 Å². The summed E-state index contributed by atoms with van der Waals surface area (Å²) in [5, 5.41) is 6.16. The lowest BCUT2D eigenvalue weighted by molar-refractivity contribution is -0.131. The largest absolute Gasteiger partial charge is 0.337 e. The molecule has 1 aromatic carbocycles. The number of aryl methyl sites for hydroxylation is 1. The first-order valence-corrected chi connectivity index (χ1v) is 7.76. The molecular weight excluding hydrogens is 334 g/mol. The molecule has 3 amide bonds. The number of carbonyl (C=O) groups excluding carboxylic acids is 2. The van der Waals surface area contributed by atoms with Crippen molar-refractivity contribution in [2.75, 3.05) is 0 Å². The van der Waals surface area contributed by atoms with E-state index in [2.05, 4.69) is 15.5 Å². The van der Waals surface area contributed by atoms with E-state index in [0.717, 1.165) is 29.5 Å². The summed E-state index contributed by atoms with van der Waals surface area (Å²) in [6.45, 7) is 3.03. The van der Waals surface area contributed by atoms with Crippen molar-refractivity contribution in [2.45, 2.75) is 38.8 Å². The predicted molar refractivity (Wildman–Crippen MR) is 81.1 cm³/mol.